The van der Waals surface area contributed by atoms with E-state index in [-0.39, 0.29) is 11.6 Å². The quantitative estimate of drug-likeness (QED) is 0.769. The first-order valence-corrected chi connectivity index (χ1v) is 8.32. The summed E-state index contributed by atoms with van der Waals surface area (Å²) in [5, 5.41) is 2.75. The van der Waals surface area contributed by atoms with Crippen molar-refractivity contribution in [2.45, 2.75) is 19.0 Å². The van der Waals surface area contributed by atoms with Crippen molar-refractivity contribution in [2.75, 3.05) is 0 Å². The monoisotopic (exact) mass is 410 g/mol. The van der Waals surface area contributed by atoms with Crippen LogP contribution in [0.5, 0.6) is 0 Å². The van der Waals surface area contributed by atoms with Crippen LogP contribution in [0.2, 0.25) is 5.02 Å². The van der Waals surface area contributed by atoms with Crippen molar-refractivity contribution in [3.05, 3.63) is 68.9 Å². The van der Waals surface area contributed by atoms with Gasteiger partial charge in [0.15, 0.2) is 0 Å². The number of rotatable bonds is 3. The van der Waals surface area contributed by atoms with Crippen LogP contribution in [-0.4, -0.2) is 16.8 Å². The van der Waals surface area contributed by atoms with Gasteiger partial charge in [0.25, 0.3) is 5.91 Å². The van der Waals surface area contributed by atoms with Crippen LogP contribution in [0.3, 0.4) is 0 Å². The number of nitrogens with one attached hydrogen (secondary N) is 1. The lowest BCUT2D eigenvalue weighted by atomic mass is 9.92. The minimum atomic E-state index is -1.32. The predicted molar refractivity (Wildman–Crippen MR) is 92.0 cm³/mol. The fourth-order valence-electron chi connectivity index (χ4n) is 2.69. The predicted octanol–water partition coefficient (Wildman–Crippen LogP) is 4.21. The zero-order chi connectivity index (χ0) is 17.5. The molecule has 0 radical (unpaired) electrons. The molecule has 0 spiro atoms. The van der Waals surface area contributed by atoms with Gasteiger partial charge in [-0.1, -0.05) is 45.7 Å². The Morgan fingerprint density at radius 1 is 1.21 bits per heavy atom. The van der Waals surface area contributed by atoms with Crippen molar-refractivity contribution in [1.29, 1.82) is 0 Å². The molecule has 2 aromatic carbocycles. The minimum absolute atomic E-state index is 0.0941. The number of benzene rings is 2. The first kappa shape index (κ1) is 16.9. The molecule has 3 rings (SSSR count). The summed E-state index contributed by atoms with van der Waals surface area (Å²) in [6.07, 6.45) is 0. The van der Waals surface area contributed by atoms with Crippen LogP contribution in [0.4, 0.5) is 9.18 Å². The van der Waals surface area contributed by atoms with Gasteiger partial charge in [-0.3, -0.25) is 9.69 Å². The number of halogens is 3. The van der Waals surface area contributed by atoms with Crippen molar-refractivity contribution < 1.29 is 14.0 Å². The molecule has 1 saturated heterocycles. The molecule has 1 aliphatic rings. The number of imide groups is 1. The molecule has 0 saturated carbocycles. The molecule has 1 N–H and O–H groups in total. The number of hydrogen-bond acceptors (Lipinski definition) is 2. The van der Waals surface area contributed by atoms with Crippen LogP contribution in [0, 0.1) is 5.82 Å². The van der Waals surface area contributed by atoms with Crippen LogP contribution < -0.4 is 5.32 Å². The first-order valence-electron chi connectivity index (χ1n) is 7.15. The van der Waals surface area contributed by atoms with E-state index in [1.807, 2.05) is 24.3 Å². The Kier molecular flexibility index (Phi) is 4.36. The van der Waals surface area contributed by atoms with E-state index >= 15 is 0 Å². The second kappa shape index (κ2) is 6.18. The minimum Gasteiger partial charge on any atom is -0.319 e. The number of amides is 3. The van der Waals surface area contributed by atoms with Crippen LogP contribution in [-0.2, 0) is 16.9 Å². The summed E-state index contributed by atoms with van der Waals surface area (Å²) >= 11 is 9.41. The third-order valence-corrected chi connectivity index (χ3v) is 4.84. The number of nitrogens with zero attached hydrogens (tertiary/aromatic N) is 1. The molecule has 7 heteroatoms. The van der Waals surface area contributed by atoms with E-state index in [9.17, 15) is 14.0 Å². The molecule has 1 aliphatic heterocycles. The van der Waals surface area contributed by atoms with E-state index in [4.69, 9.17) is 11.6 Å². The van der Waals surface area contributed by atoms with Gasteiger partial charge in [-0.25, -0.2) is 9.18 Å². The molecule has 2 aromatic rings. The number of carbonyl (C=O) groups is 2. The van der Waals surface area contributed by atoms with Gasteiger partial charge < -0.3 is 5.32 Å². The third kappa shape index (κ3) is 2.91. The normalized spacial score (nSPS) is 20.4. The molecule has 1 heterocycles. The van der Waals surface area contributed by atoms with Crippen LogP contribution >= 0.6 is 27.5 Å². The Bertz CT molecular complexity index is 828. The highest BCUT2D eigenvalue weighted by molar-refractivity contribution is 9.10. The topological polar surface area (TPSA) is 49.4 Å². The lowest BCUT2D eigenvalue weighted by Crippen LogP contribution is -2.41. The molecule has 1 atom stereocenters. The second-order valence-electron chi connectivity index (χ2n) is 5.70. The van der Waals surface area contributed by atoms with Gasteiger partial charge in [0.2, 0.25) is 0 Å². The first-order chi connectivity index (χ1) is 11.3. The number of urea groups is 1. The van der Waals surface area contributed by atoms with Gasteiger partial charge in [0.1, 0.15) is 11.4 Å². The summed E-state index contributed by atoms with van der Waals surface area (Å²) in [4.78, 5) is 26.2. The highest BCUT2D eigenvalue weighted by Crippen LogP contribution is 2.34. The smallest absolute Gasteiger partial charge is 0.319 e. The average Bonchev–Trinajstić information content (AvgIpc) is 2.73. The highest BCUT2D eigenvalue weighted by Gasteiger charge is 2.49. The molecule has 124 valence electrons. The molecule has 0 aliphatic carbocycles. The van der Waals surface area contributed by atoms with Gasteiger partial charge in [-0.2, -0.15) is 0 Å². The van der Waals surface area contributed by atoms with E-state index in [0.29, 0.717) is 5.56 Å². The number of carbonyl (C=O) groups excluding carboxylic acids is 2. The van der Waals surface area contributed by atoms with Crippen LogP contribution in [0.15, 0.2) is 46.9 Å². The van der Waals surface area contributed by atoms with Crippen molar-refractivity contribution in [3.63, 3.8) is 0 Å². The maximum absolute atomic E-state index is 13.3. The van der Waals surface area contributed by atoms with E-state index in [0.717, 1.165) is 21.0 Å². The van der Waals surface area contributed by atoms with Gasteiger partial charge in [-0.15, -0.1) is 0 Å². The zero-order valence-corrected chi connectivity index (χ0v) is 15.0. The Balaban J connectivity index is 1.91. The Morgan fingerprint density at radius 3 is 2.50 bits per heavy atom. The van der Waals surface area contributed by atoms with E-state index in [1.54, 1.807) is 6.92 Å². The van der Waals surface area contributed by atoms with E-state index in [2.05, 4.69) is 21.2 Å². The van der Waals surface area contributed by atoms with E-state index < -0.39 is 23.3 Å². The van der Waals surface area contributed by atoms with Crippen molar-refractivity contribution >= 4 is 39.5 Å². The summed E-state index contributed by atoms with van der Waals surface area (Å²) in [5.74, 6) is -0.931. The molecular weight excluding hydrogens is 399 g/mol. The average molecular weight is 412 g/mol. The summed E-state index contributed by atoms with van der Waals surface area (Å²) in [7, 11) is 0. The van der Waals surface area contributed by atoms with Gasteiger partial charge in [0.05, 0.1) is 6.54 Å². The maximum Gasteiger partial charge on any atom is 0.325 e. The summed E-state index contributed by atoms with van der Waals surface area (Å²) in [5.41, 5.74) is -0.143. The van der Waals surface area contributed by atoms with Crippen molar-refractivity contribution in [3.8, 4) is 0 Å². The molecule has 1 fully saturated rings. The van der Waals surface area contributed by atoms with Crippen molar-refractivity contribution in [2.24, 2.45) is 0 Å². The third-order valence-electron chi connectivity index (χ3n) is 4.00. The molecule has 0 bridgehead atoms. The molecule has 0 aromatic heterocycles. The molecular formula is C17H13BrClFN2O2. The van der Waals surface area contributed by atoms with Crippen molar-refractivity contribution in [1.82, 2.24) is 10.2 Å². The Hall–Kier alpha value is -1.92. The summed E-state index contributed by atoms with van der Waals surface area (Å²) in [6.45, 7) is 1.71. The molecule has 3 amide bonds. The van der Waals surface area contributed by atoms with Gasteiger partial charge in [0, 0.05) is 15.1 Å². The number of hydrogen-bond donors (Lipinski definition) is 1. The summed E-state index contributed by atoms with van der Waals surface area (Å²) < 4.78 is 14.2. The van der Waals surface area contributed by atoms with Gasteiger partial charge in [-0.05, 0) is 36.8 Å². The largest absolute Gasteiger partial charge is 0.325 e. The molecule has 1 unspecified atom stereocenters. The zero-order valence-electron chi connectivity index (χ0n) is 12.6. The van der Waals surface area contributed by atoms with Crippen LogP contribution in [0.1, 0.15) is 18.1 Å². The second-order valence-corrected chi connectivity index (χ2v) is 7.02. The fraction of sp³-hybridized carbons (Fsp3) is 0.176. The fourth-order valence-corrected chi connectivity index (χ4v) is 3.31. The lowest BCUT2D eigenvalue weighted by Gasteiger charge is -2.23. The highest BCUT2D eigenvalue weighted by atomic mass is 79.9. The summed E-state index contributed by atoms with van der Waals surface area (Å²) in [6, 6.07) is 10.6. The maximum atomic E-state index is 13.3. The SMILES string of the molecule is CC1(c2ccc(F)cc2Cl)NC(=O)N(Cc2ccc(Br)cc2)C1=O. The van der Waals surface area contributed by atoms with E-state index in [1.165, 1.54) is 12.1 Å². The Morgan fingerprint density at radius 2 is 1.88 bits per heavy atom. The van der Waals surface area contributed by atoms with Gasteiger partial charge >= 0.3 is 6.03 Å². The Labute approximate surface area is 151 Å². The van der Waals surface area contributed by atoms with Crippen LogP contribution in [0.25, 0.3) is 0 Å². The molecule has 4 nitrogen and oxygen atoms in total. The lowest BCUT2D eigenvalue weighted by molar-refractivity contribution is -0.131. The molecule has 24 heavy (non-hydrogen) atoms. The standard InChI is InChI=1S/C17H13BrClFN2O2/c1-17(13-7-6-12(20)8-14(13)19)15(23)22(16(24)21-17)9-10-2-4-11(18)5-3-10/h2-8H,9H2,1H3,(H,21,24).